The van der Waals surface area contributed by atoms with Gasteiger partial charge in [-0.05, 0) is 197 Å². The molecule has 121 heavy (non-hydrogen) atoms. The molecular weight excluding hydrogens is 1490 g/mol. The molecule has 8 nitrogen and oxygen atoms in total. The fourth-order valence-electron chi connectivity index (χ4n) is 18.6. The van der Waals surface area contributed by atoms with Crippen LogP contribution in [0.4, 0.5) is 0 Å². The molecule has 9 heteroatoms. The third-order valence-corrected chi connectivity index (χ3v) is 25.5. The number of para-hydroxylation sites is 8. The Kier molecular flexibility index (Phi) is 16.3. The van der Waals surface area contributed by atoms with Crippen molar-refractivity contribution in [2.24, 2.45) is 0 Å². The van der Waals surface area contributed by atoms with Gasteiger partial charge in [-0.15, -0.1) is 11.3 Å². The molecule has 0 aliphatic rings. The molecular formula is C112H70N8S. The normalized spacial score (nSPS) is 11.8. The van der Waals surface area contributed by atoms with E-state index in [1.807, 2.05) is 23.5 Å². The van der Waals surface area contributed by atoms with Crippen molar-refractivity contribution >= 4 is 141 Å². The van der Waals surface area contributed by atoms with Gasteiger partial charge in [0.2, 0.25) is 0 Å². The molecule has 564 valence electrons. The molecule has 0 atom stereocenters. The van der Waals surface area contributed by atoms with Crippen LogP contribution in [0.3, 0.4) is 0 Å². The van der Waals surface area contributed by atoms with E-state index < -0.39 is 0 Å². The van der Waals surface area contributed by atoms with E-state index in [0.29, 0.717) is 11.6 Å². The van der Waals surface area contributed by atoms with Crippen LogP contribution in [0.5, 0.6) is 0 Å². The highest BCUT2D eigenvalue weighted by Crippen LogP contribution is 2.45. The number of aromatic nitrogens is 8. The average molecular weight is 1560 g/mol. The zero-order valence-electron chi connectivity index (χ0n) is 65.4. The van der Waals surface area contributed by atoms with Crippen molar-refractivity contribution in [3.05, 3.63) is 425 Å². The summed E-state index contributed by atoms with van der Waals surface area (Å²) in [6.45, 7) is 0. The lowest BCUT2D eigenvalue weighted by Gasteiger charge is -2.12. The lowest BCUT2D eigenvalue weighted by atomic mass is 10.0. The molecule has 0 aliphatic carbocycles. The first-order valence-corrected chi connectivity index (χ1v) is 41.9. The van der Waals surface area contributed by atoms with Gasteiger partial charge in [-0.3, -0.25) is 0 Å². The molecule has 0 spiro atoms. The topological polar surface area (TPSA) is 71.3 Å². The van der Waals surface area contributed by atoms with Crippen LogP contribution >= 0.6 is 11.3 Å². The van der Waals surface area contributed by atoms with Crippen LogP contribution in [0.2, 0.25) is 0 Å². The molecule has 25 aromatic rings. The lowest BCUT2D eigenvalue weighted by Crippen LogP contribution is -1.97. The van der Waals surface area contributed by atoms with Gasteiger partial charge < -0.3 is 18.3 Å². The van der Waals surface area contributed by atoms with Gasteiger partial charge in [0.15, 0.2) is 11.6 Å². The van der Waals surface area contributed by atoms with E-state index in [2.05, 4.69) is 431 Å². The van der Waals surface area contributed by atoms with E-state index in [4.69, 9.17) is 19.9 Å². The molecule has 0 bridgehead atoms. The first kappa shape index (κ1) is 69.4. The van der Waals surface area contributed by atoms with E-state index in [9.17, 15) is 0 Å². The van der Waals surface area contributed by atoms with Crippen LogP contribution in [0, 0.1) is 0 Å². The number of hydrogen-bond acceptors (Lipinski definition) is 5. The Balaban J connectivity index is 0.000000137. The molecule has 0 aliphatic heterocycles. The van der Waals surface area contributed by atoms with Gasteiger partial charge in [0, 0.05) is 119 Å². The Morgan fingerprint density at radius 1 is 0.174 bits per heavy atom. The van der Waals surface area contributed by atoms with Gasteiger partial charge in [-0.1, -0.05) is 261 Å². The van der Waals surface area contributed by atoms with Crippen molar-refractivity contribution in [1.82, 2.24) is 38.2 Å². The van der Waals surface area contributed by atoms with Gasteiger partial charge in [-0.25, -0.2) is 19.9 Å². The van der Waals surface area contributed by atoms with Crippen LogP contribution in [0.15, 0.2) is 425 Å². The number of fused-ring (bicyclic) bond motifs is 17. The average Bonchev–Trinajstić information content (AvgIpc) is 1.57. The number of hydrogen-bond donors (Lipinski definition) is 0. The van der Waals surface area contributed by atoms with Gasteiger partial charge >= 0.3 is 0 Å². The van der Waals surface area contributed by atoms with Crippen molar-refractivity contribution in [3.8, 4) is 101 Å². The maximum atomic E-state index is 5.33. The zero-order chi connectivity index (χ0) is 79.6. The Labute approximate surface area is 699 Å². The fourth-order valence-corrected chi connectivity index (χ4v) is 19.8. The SMILES string of the molecule is c1ccc(-c2ccc(-c3nc(-c4ccc(-n5c6ccccc6c6cc(-c7ccc8c(c7)c7ccccc7n8-c7ccccc7)ccc65)cc4)nc4ccccc34)cc2)cc1.c1ccc(-n2c3ccccc3c3cc(-c4ccc5c(c4)c4ccccc4n5-c4ccc(-c5nc(-c6cccc7c6sc6ccccc67)c6ccccc6n5)cc4)ccc32)cc1. The van der Waals surface area contributed by atoms with Crippen molar-refractivity contribution in [2.75, 3.05) is 0 Å². The van der Waals surface area contributed by atoms with E-state index in [1.54, 1.807) is 0 Å². The van der Waals surface area contributed by atoms with E-state index in [0.717, 1.165) is 72.3 Å². The van der Waals surface area contributed by atoms with E-state index in [-0.39, 0.29) is 0 Å². The Morgan fingerprint density at radius 3 is 0.901 bits per heavy atom. The van der Waals surface area contributed by atoms with Crippen LogP contribution in [-0.2, 0) is 0 Å². The standard InChI is InChI=1S/C56H34N4S.C56H36N4/c1-2-13-38(14-3-1)59-49-22-9-5-15-40(49)46-33-36(27-31-51(46)59)37-28-32-52-47(34-37)41-16-6-10-23-50(41)60(52)39-29-25-35(26-30-39)56-57-48-21-8-4-18-44(48)54(58-56)45-20-12-19-43-42-17-7-11-24-53(42)61-55(43)45;1-3-13-37(14-4-1)38-23-25-39(26-24-38)55-47-19-7-10-20-50(47)57-56(58-55)40-27-31-44(32-28-40)60-52-22-12-9-18-46(52)49-36-42(30-34-54(49)60)41-29-33-53-48(35-41)45-17-8-11-21-51(45)59(53)43-15-5-2-6-16-43/h1-34H;1-36H. The highest BCUT2D eigenvalue weighted by atomic mass is 32.1. The summed E-state index contributed by atoms with van der Waals surface area (Å²) < 4.78 is 12.0. The summed E-state index contributed by atoms with van der Waals surface area (Å²) in [4.78, 5) is 20.7. The van der Waals surface area contributed by atoms with Crippen molar-refractivity contribution in [1.29, 1.82) is 0 Å². The second-order valence-corrected chi connectivity index (χ2v) is 32.2. The third kappa shape index (κ3) is 11.6. The van der Waals surface area contributed by atoms with Crippen LogP contribution in [0.25, 0.3) is 231 Å². The minimum atomic E-state index is 0.707. The minimum Gasteiger partial charge on any atom is -0.309 e. The monoisotopic (exact) mass is 1560 g/mol. The highest BCUT2D eigenvalue weighted by molar-refractivity contribution is 7.26. The molecule has 0 radical (unpaired) electrons. The summed E-state index contributed by atoms with van der Waals surface area (Å²) in [5, 5.41) is 14.5. The summed E-state index contributed by atoms with van der Waals surface area (Å²) in [6, 6.07) is 152. The van der Waals surface area contributed by atoms with Crippen LogP contribution in [0.1, 0.15) is 0 Å². The summed E-state index contributed by atoms with van der Waals surface area (Å²) >= 11 is 1.83. The molecule has 7 heterocycles. The van der Waals surface area contributed by atoms with Gasteiger partial charge in [0.05, 0.1) is 66.6 Å². The Bertz CT molecular complexity index is 8430. The van der Waals surface area contributed by atoms with Crippen LogP contribution < -0.4 is 0 Å². The highest BCUT2D eigenvalue weighted by Gasteiger charge is 2.23. The van der Waals surface area contributed by atoms with E-state index >= 15 is 0 Å². The van der Waals surface area contributed by atoms with Crippen LogP contribution in [-0.4, -0.2) is 38.2 Å². The summed E-state index contributed by atoms with van der Waals surface area (Å²) in [5.41, 5.74) is 29.1. The van der Waals surface area contributed by atoms with Gasteiger partial charge in [-0.2, -0.15) is 0 Å². The quantitative estimate of drug-likeness (QED) is 0.129. The first-order chi connectivity index (χ1) is 60.0. The summed E-state index contributed by atoms with van der Waals surface area (Å²) in [6.07, 6.45) is 0. The third-order valence-electron chi connectivity index (χ3n) is 24.3. The van der Waals surface area contributed by atoms with Crippen molar-refractivity contribution in [2.45, 2.75) is 0 Å². The van der Waals surface area contributed by atoms with Gasteiger partial charge in [0.25, 0.3) is 0 Å². The number of benzene rings is 18. The molecule has 0 N–H and O–H groups in total. The summed E-state index contributed by atoms with van der Waals surface area (Å²) in [5.74, 6) is 1.42. The van der Waals surface area contributed by atoms with Gasteiger partial charge in [0.1, 0.15) is 0 Å². The first-order valence-electron chi connectivity index (χ1n) is 41.1. The Morgan fingerprint density at radius 2 is 0.471 bits per heavy atom. The van der Waals surface area contributed by atoms with Crippen molar-refractivity contribution < 1.29 is 0 Å². The predicted molar refractivity (Wildman–Crippen MR) is 507 cm³/mol. The molecule has 0 saturated carbocycles. The molecule has 0 fully saturated rings. The Hall–Kier alpha value is -15.9. The summed E-state index contributed by atoms with van der Waals surface area (Å²) in [7, 11) is 0. The maximum absolute atomic E-state index is 5.33. The predicted octanol–water partition coefficient (Wildman–Crippen LogP) is 29.7. The molecule has 7 aromatic heterocycles. The molecule has 0 unspecified atom stereocenters. The molecule has 0 amide bonds. The zero-order valence-corrected chi connectivity index (χ0v) is 66.2. The van der Waals surface area contributed by atoms with Crippen molar-refractivity contribution in [3.63, 3.8) is 0 Å². The number of nitrogens with zero attached hydrogens (tertiary/aromatic N) is 8. The lowest BCUT2D eigenvalue weighted by molar-refractivity contribution is 1.17. The minimum absolute atomic E-state index is 0.707. The molecule has 0 saturated heterocycles. The second-order valence-electron chi connectivity index (χ2n) is 31.2. The second kappa shape index (κ2) is 28.5. The molecule has 18 aromatic carbocycles. The molecule has 25 rings (SSSR count). The largest absolute Gasteiger partial charge is 0.309 e. The smallest absolute Gasteiger partial charge is 0.160 e. The number of rotatable bonds is 11. The number of thiophene rings is 1. The van der Waals surface area contributed by atoms with E-state index in [1.165, 1.54) is 147 Å². The maximum Gasteiger partial charge on any atom is 0.160 e. The fraction of sp³-hybridized carbons (Fsp3) is 0.